The van der Waals surface area contributed by atoms with Gasteiger partial charge >= 0.3 is 0 Å². The zero-order valence-corrected chi connectivity index (χ0v) is 17.6. The minimum Gasteiger partial charge on any atom is -0.494 e. The third kappa shape index (κ3) is 3.94. The number of aromatic nitrogens is 1. The van der Waals surface area contributed by atoms with Gasteiger partial charge in [-0.2, -0.15) is 0 Å². The first kappa shape index (κ1) is 20.1. The molecule has 1 aromatic heterocycles. The Morgan fingerprint density at radius 1 is 0.935 bits per heavy atom. The van der Waals surface area contributed by atoms with Crippen LogP contribution in [0.15, 0.2) is 48.7 Å². The van der Waals surface area contributed by atoms with E-state index in [1.807, 2.05) is 42.5 Å². The second kappa shape index (κ2) is 8.75. The van der Waals surface area contributed by atoms with Crippen LogP contribution in [0.5, 0.6) is 5.75 Å². The molecule has 0 saturated carbocycles. The third-order valence-corrected chi connectivity index (χ3v) is 6.28. The number of β-amino-alcohol motifs (C(OH)–C–C–N with tert-alkyl or cyclic N) is 1. The molecule has 160 valence electrons. The van der Waals surface area contributed by atoms with Gasteiger partial charge in [0.2, 0.25) is 0 Å². The summed E-state index contributed by atoms with van der Waals surface area (Å²) >= 11 is 0. The average Bonchev–Trinajstić information content (AvgIpc) is 2.81. The lowest BCUT2D eigenvalue weighted by Crippen LogP contribution is -2.47. The Bertz CT molecular complexity index is 1110. The Kier molecular flexibility index (Phi) is 5.68. The van der Waals surface area contributed by atoms with Crippen LogP contribution in [-0.4, -0.2) is 78.2 Å². The van der Waals surface area contributed by atoms with Gasteiger partial charge in [-0.05, 0) is 30.0 Å². The van der Waals surface area contributed by atoms with Gasteiger partial charge in [-0.3, -0.25) is 14.7 Å². The predicted molar refractivity (Wildman–Crippen MR) is 121 cm³/mol. The summed E-state index contributed by atoms with van der Waals surface area (Å²) in [4.78, 5) is 22.5. The number of nitrogens with zero attached hydrogens (tertiary/aromatic N) is 3. The summed E-state index contributed by atoms with van der Waals surface area (Å²) in [5.41, 5.74) is 3.15. The Morgan fingerprint density at radius 3 is 2.45 bits per heavy atom. The van der Waals surface area contributed by atoms with Crippen LogP contribution in [-0.2, 0) is 0 Å². The van der Waals surface area contributed by atoms with Crippen molar-refractivity contribution in [2.45, 2.75) is 6.42 Å². The molecule has 3 aromatic rings. The van der Waals surface area contributed by atoms with Gasteiger partial charge < -0.3 is 14.7 Å². The number of ketones is 1. The Morgan fingerprint density at radius 2 is 1.68 bits per heavy atom. The number of piperazine rings is 1. The van der Waals surface area contributed by atoms with Crippen LogP contribution in [0, 0.1) is 0 Å². The number of carbonyl (C=O) groups is 1. The fraction of sp³-hybridized carbons (Fsp3) is 0.360. The molecule has 31 heavy (non-hydrogen) atoms. The number of hydrogen-bond acceptors (Lipinski definition) is 6. The van der Waals surface area contributed by atoms with Gasteiger partial charge in [0.1, 0.15) is 5.75 Å². The highest BCUT2D eigenvalue weighted by Crippen LogP contribution is 2.39. The van der Waals surface area contributed by atoms with Crippen molar-refractivity contribution in [1.29, 1.82) is 0 Å². The average molecular weight is 418 g/mol. The molecule has 0 atom stereocenters. The maximum Gasteiger partial charge on any atom is 0.194 e. The summed E-state index contributed by atoms with van der Waals surface area (Å²) in [5.74, 6) is 0.771. The van der Waals surface area contributed by atoms with Crippen LogP contribution in [0.3, 0.4) is 0 Å². The molecule has 5 rings (SSSR count). The zero-order chi connectivity index (χ0) is 21.2. The largest absolute Gasteiger partial charge is 0.494 e. The van der Waals surface area contributed by atoms with Crippen molar-refractivity contribution in [2.24, 2.45) is 0 Å². The van der Waals surface area contributed by atoms with Crippen molar-refractivity contribution < 1.29 is 14.6 Å². The molecule has 1 saturated heterocycles. The first-order valence-electron chi connectivity index (χ1n) is 11.0. The maximum atomic E-state index is 13.1. The molecule has 2 heterocycles. The van der Waals surface area contributed by atoms with E-state index in [9.17, 15) is 4.79 Å². The lowest BCUT2D eigenvalue weighted by atomic mass is 9.85. The molecule has 6 nitrogen and oxygen atoms in total. The van der Waals surface area contributed by atoms with Crippen LogP contribution in [0.2, 0.25) is 0 Å². The number of aliphatic hydroxyl groups is 1. The molecule has 0 radical (unpaired) electrons. The fourth-order valence-corrected chi connectivity index (χ4v) is 4.64. The van der Waals surface area contributed by atoms with E-state index >= 15 is 0 Å². The first-order valence-corrected chi connectivity index (χ1v) is 11.0. The topological polar surface area (TPSA) is 65.9 Å². The number of ether oxygens (including phenoxy) is 1. The van der Waals surface area contributed by atoms with Crippen molar-refractivity contribution >= 4 is 16.6 Å². The van der Waals surface area contributed by atoms with E-state index in [2.05, 4.69) is 14.8 Å². The summed E-state index contributed by atoms with van der Waals surface area (Å²) in [5, 5.41) is 11.0. The molecule has 1 fully saturated rings. The number of carbonyl (C=O) groups excluding carboxylic acids is 1. The summed E-state index contributed by atoms with van der Waals surface area (Å²) in [6, 6.07) is 13.5. The standard InChI is InChI=1S/C25H27N3O3/c29-14-13-28-11-9-27(10-12-28)8-3-15-31-19-16-18-6-7-26-24-20-4-1-2-5-21(20)25(30)22(17-19)23(18)24/h1-2,4-7,16-17,29H,3,8-15H2. The molecule has 0 unspecified atom stereocenters. The van der Waals surface area contributed by atoms with Crippen molar-refractivity contribution in [3.05, 3.63) is 59.8 Å². The quantitative estimate of drug-likeness (QED) is 0.467. The monoisotopic (exact) mass is 417 g/mol. The normalized spacial score (nSPS) is 16.5. The second-order valence-electron chi connectivity index (χ2n) is 8.21. The van der Waals surface area contributed by atoms with Crippen LogP contribution in [0.25, 0.3) is 22.0 Å². The van der Waals surface area contributed by atoms with Gasteiger partial charge in [0.15, 0.2) is 5.78 Å². The number of hydrogen-bond donors (Lipinski definition) is 1. The summed E-state index contributed by atoms with van der Waals surface area (Å²) in [6.45, 7) is 6.69. The van der Waals surface area contributed by atoms with Gasteiger partial charge in [0.25, 0.3) is 0 Å². The van der Waals surface area contributed by atoms with E-state index in [1.54, 1.807) is 6.20 Å². The maximum absolute atomic E-state index is 13.1. The minimum atomic E-state index is 0.0345. The molecule has 2 aromatic carbocycles. The molecule has 0 spiro atoms. The smallest absolute Gasteiger partial charge is 0.194 e. The molecule has 1 N–H and O–H groups in total. The Labute approximate surface area is 182 Å². The third-order valence-electron chi connectivity index (χ3n) is 6.28. The number of aliphatic hydroxyl groups excluding tert-OH is 1. The lowest BCUT2D eigenvalue weighted by Gasteiger charge is -2.34. The van der Waals surface area contributed by atoms with Gasteiger partial charge in [0.05, 0.1) is 18.9 Å². The van der Waals surface area contributed by atoms with Gasteiger partial charge in [-0.15, -0.1) is 0 Å². The molecule has 0 bridgehead atoms. The van der Waals surface area contributed by atoms with E-state index in [0.29, 0.717) is 17.7 Å². The second-order valence-corrected chi connectivity index (χ2v) is 8.21. The van der Waals surface area contributed by atoms with Crippen LogP contribution >= 0.6 is 0 Å². The Balaban J connectivity index is 1.27. The summed E-state index contributed by atoms with van der Waals surface area (Å²) in [6.07, 6.45) is 2.74. The van der Waals surface area contributed by atoms with E-state index in [1.165, 1.54) is 0 Å². The van der Waals surface area contributed by atoms with E-state index in [-0.39, 0.29) is 12.4 Å². The summed E-state index contributed by atoms with van der Waals surface area (Å²) < 4.78 is 6.06. The first-order chi connectivity index (χ1) is 15.2. The highest BCUT2D eigenvalue weighted by atomic mass is 16.5. The number of benzene rings is 2. The highest BCUT2D eigenvalue weighted by Gasteiger charge is 2.26. The molecule has 1 aliphatic heterocycles. The molecule has 0 amide bonds. The lowest BCUT2D eigenvalue weighted by molar-refractivity contribution is 0.103. The van der Waals surface area contributed by atoms with Crippen molar-refractivity contribution in [2.75, 3.05) is 52.5 Å². The van der Waals surface area contributed by atoms with Gasteiger partial charge in [-0.1, -0.05) is 24.3 Å². The fourth-order valence-electron chi connectivity index (χ4n) is 4.64. The number of pyridine rings is 1. The van der Waals surface area contributed by atoms with Gasteiger partial charge in [0, 0.05) is 67.5 Å². The highest BCUT2D eigenvalue weighted by molar-refractivity contribution is 6.25. The van der Waals surface area contributed by atoms with Crippen LogP contribution in [0.4, 0.5) is 0 Å². The van der Waals surface area contributed by atoms with Crippen molar-refractivity contribution in [1.82, 2.24) is 14.8 Å². The number of rotatable bonds is 7. The Hall–Kier alpha value is -2.80. The van der Waals surface area contributed by atoms with Crippen molar-refractivity contribution in [3.63, 3.8) is 0 Å². The number of fused-ring (bicyclic) bond motifs is 2. The minimum absolute atomic E-state index is 0.0345. The van der Waals surface area contributed by atoms with Crippen molar-refractivity contribution in [3.8, 4) is 17.0 Å². The van der Waals surface area contributed by atoms with Crippen LogP contribution < -0.4 is 4.74 Å². The predicted octanol–water partition coefficient (Wildman–Crippen LogP) is 2.83. The summed E-state index contributed by atoms with van der Waals surface area (Å²) in [7, 11) is 0. The van der Waals surface area contributed by atoms with E-state index in [4.69, 9.17) is 9.84 Å². The van der Waals surface area contributed by atoms with Crippen LogP contribution in [0.1, 0.15) is 22.3 Å². The van der Waals surface area contributed by atoms with E-state index in [0.717, 1.165) is 73.5 Å². The SMILES string of the molecule is O=C1c2ccccc2-c2nccc3cc(OCCCN4CCN(CCO)CC4)cc1c23. The zero-order valence-electron chi connectivity index (χ0n) is 17.6. The molecular weight excluding hydrogens is 390 g/mol. The molecule has 1 aliphatic carbocycles. The van der Waals surface area contributed by atoms with E-state index < -0.39 is 0 Å². The molecular formula is C25H27N3O3. The van der Waals surface area contributed by atoms with Gasteiger partial charge in [-0.25, -0.2) is 0 Å². The molecule has 2 aliphatic rings. The molecule has 6 heteroatoms.